The largest absolute Gasteiger partial charge is 0.486 e. The minimum absolute atomic E-state index is 0.233. The number of nitrogens with zero attached hydrogens (tertiary/aromatic N) is 3. The fraction of sp³-hybridized carbons (Fsp3) is 0.263. The van der Waals surface area contributed by atoms with E-state index >= 15 is 0 Å². The van der Waals surface area contributed by atoms with E-state index in [2.05, 4.69) is 15.6 Å². The van der Waals surface area contributed by atoms with Crippen LogP contribution < -0.4 is 20.3 Å². The van der Waals surface area contributed by atoms with Crippen molar-refractivity contribution in [3.05, 3.63) is 51.8 Å². The third kappa shape index (κ3) is 3.33. The number of fused-ring (bicyclic) bond motifs is 2. The maximum absolute atomic E-state index is 12.7. The molecule has 0 aliphatic carbocycles. The lowest BCUT2D eigenvalue weighted by atomic mass is 10.1. The van der Waals surface area contributed by atoms with Crippen molar-refractivity contribution in [2.24, 2.45) is 0 Å². The maximum atomic E-state index is 12.7. The second kappa shape index (κ2) is 6.71. The molecule has 3 aromatic rings. The molecule has 0 saturated heterocycles. The van der Waals surface area contributed by atoms with Gasteiger partial charge in [-0.3, -0.25) is 9.59 Å². The smallest absolute Gasteiger partial charge is 0.278 e. The minimum atomic E-state index is -0.409. The average molecular weight is 366 g/mol. The Labute approximate surface area is 154 Å². The Morgan fingerprint density at radius 1 is 1.15 bits per heavy atom. The van der Waals surface area contributed by atoms with Crippen LogP contribution in [0.2, 0.25) is 0 Å². The molecule has 27 heavy (non-hydrogen) atoms. The van der Waals surface area contributed by atoms with Gasteiger partial charge in [-0.05, 0) is 37.1 Å². The molecule has 0 unspecified atom stereocenters. The molecule has 1 amide bonds. The van der Waals surface area contributed by atoms with Crippen LogP contribution in [0.4, 0.5) is 5.69 Å². The van der Waals surface area contributed by atoms with Crippen LogP contribution in [0.15, 0.2) is 35.1 Å². The van der Waals surface area contributed by atoms with Crippen molar-refractivity contribution in [2.45, 2.75) is 20.4 Å². The van der Waals surface area contributed by atoms with Gasteiger partial charge in [0.15, 0.2) is 11.5 Å². The van der Waals surface area contributed by atoms with Crippen molar-refractivity contribution in [1.29, 1.82) is 0 Å². The van der Waals surface area contributed by atoms with E-state index in [-0.39, 0.29) is 12.5 Å². The van der Waals surface area contributed by atoms with Crippen molar-refractivity contribution < 1.29 is 14.3 Å². The first-order chi connectivity index (χ1) is 13.0. The van der Waals surface area contributed by atoms with E-state index in [1.807, 2.05) is 32.0 Å². The first-order valence-electron chi connectivity index (χ1n) is 8.55. The number of hydrogen-bond donors (Lipinski definition) is 1. The van der Waals surface area contributed by atoms with Crippen molar-refractivity contribution >= 4 is 22.5 Å². The maximum Gasteiger partial charge on any atom is 0.278 e. The average Bonchev–Trinajstić information content (AvgIpc) is 2.66. The third-order valence-electron chi connectivity index (χ3n) is 4.35. The zero-order valence-electron chi connectivity index (χ0n) is 15.0. The van der Waals surface area contributed by atoms with E-state index in [9.17, 15) is 9.59 Å². The van der Waals surface area contributed by atoms with Gasteiger partial charge in [-0.2, -0.15) is 0 Å². The van der Waals surface area contributed by atoms with Crippen LogP contribution in [0, 0.1) is 13.8 Å². The predicted molar refractivity (Wildman–Crippen MR) is 99.3 cm³/mol. The van der Waals surface area contributed by atoms with E-state index < -0.39 is 5.56 Å². The standard InChI is InChI=1S/C19H18N4O4/c1-11-3-4-12(2)14(7-11)20-18(24)10-23-19(25)13-8-16-17(27-6-5-26-16)9-15(13)21-22-23/h3-4,7-9H,5-6,10H2,1-2H3,(H,20,24). The van der Waals surface area contributed by atoms with Gasteiger partial charge in [0.25, 0.3) is 5.56 Å². The van der Waals surface area contributed by atoms with Gasteiger partial charge in [0.1, 0.15) is 25.3 Å². The van der Waals surface area contributed by atoms with Gasteiger partial charge < -0.3 is 14.8 Å². The van der Waals surface area contributed by atoms with Gasteiger partial charge in [0.05, 0.1) is 5.39 Å². The Kier molecular flexibility index (Phi) is 4.23. The Balaban J connectivity index is 1.62. The molecular formula is C19H18N4O4. The van der Waals surface area contributed by atoms with E-state index in [0.717, 1.165) is 15.8 Å². The van der Waals surface area contributed by atoms with Crippen LogP contribution in [0.3, 0.4) is 0 Å². The number of anilines is 1. The molecule has 0 bridgehead atoms. The first kappa shape index (κ1) is 17.0. The van der Waals surface area contributed by atoms with E-state index in [1.165, 1.54) is 0 Å². The summed E-state index contributed by atoms with van der Waals surface area (Å²) in [7, 11) is 0. The summed E-state index contributed by atoms with van der Waals surface area (Å²) in [5.74, 6) is 0.676. The van der Waals surface area contributed by atoms with Gasteiger partial charge in [-0.25, -0.2) is 4.68 Å². The molecule has 4 rings (SSSR count). The summed E-state index contributed by atoms with van der Waals surface area (Å²) in [4.78, 5) is 25.1. The summed E-state index contributed by atoms with van der Waals surface area (Å²) >= 11 is 0. The number of aromatic nitrogens is 3. The van der Waals surface area contributed by atoms with E-state index in [0.29, 0.717) is 41.3 Å². The molecule has 138 valence electrons. The van der Waals surface area contributed by atoms with Gasteiger partial charge in [0, 0.05) is 11.8 Å². The normalized spacial score (nSPS) is 12.8. The first-order valence-corrected chi connectivity index (χ1v) is 8.55. The molecule has 0 atom stereocenters. The van der Waals surface area contributed by atoms with Crippen LogP contribution in [0.1, 0.15) is 11.1 Å². The lowest BCUT2D eigenvalue weighted by Gasteiger charge is -2.18. The lowest BCUT2D eigenvalue weighted by molar-refractivity contribution is -0.117. The van der Waals surface area contributed by atoms with E-state index in [4.69, 9.17) is 9.47 Å². The number of benzene rings is 2. The van der Waals surface area contributed by atoms with Crippen molar-refractivity contribution in [3.8, 4) is 11.5 Å². The molecule has 1 aliphatic heterocycles. The Bertz CT molecular complexity index is 1110. The number of carbonyl (C=O) groups excluding carboxylic acids is 1. The highest BCUT2D eigenvalue weighted by molar-refractivity contribution is 5.91. The molecule has 1 aliphatic rings. The molecule has 1 N–H and O–H groups in total. The summed E-state index contributed by atoms with van der Waals surface area (Å²) in [5, 5.41) is 11.1. The van der Waals surface area contributed by atoms with Crippen LogP contribution in [-0.4, -0.2) is 34.1 Å². The fourth-order valence-electron chi connectivity index (χ4n) is 2.91. The molecule has 0 radical (unpaired) electrons. The summed E-state index contributed by atoms with van der Waals surface area (Å²) in [5.41, 5.74) is 2.67. The van der Waals surface area contributed by atoms with Crippen molar-refractivity contribution in [3.63, 3.8) is 0 Å². The number of rotatable bonds is 3. The van der Waals surface area contributed by atoms with Gasteiger partial charge in [-0.15, -0.1) is 5.10 Å². The second-order valence-corrected chi connectivity index (χ2v) is 6.43. The van der Waals surface area contributed by atoms with Gasteiger partial charge in [0.2, 0.25) is 5.91 Å². The predicted octanol–water partition coefficient (Wildman–Crippen LogP) is 1.82. The number of hydrogen-bond acceptors (Lipinski definition) is 6. The van der Waals surface area contributed by atoms with Crippen LogP contribution in [0.25, 0.3) is 10.9 Å². The molecule has 8 nitrogen and oxygen atoms in total. The molecule has 1 aromatic heterocycles. The van der Waals surface area contributed by atoms with Crippen LogP contribution in [-0.2, 0) is 11.3 Å². The highest BCUT2D eigenvalue weighted by Crippen LogP contribution is 2.32. The van der Waals surface area contributed by atoms with Crippen LogP contribution >= 0.6 is 0 Å². The fourth-order valence-corrected chi connectivity index (χ4v) is 2.91. The molecular weight excluding hydrogens is 348 g/mol. The monoisotopic (exact) mass is 366 g/mol. The zero-order chi connectivity index (χ0) is 19.0. The van der Waals surface area contributed by atoms with Crippen LogP contribution in [0.5, 0.6) is 11.5 Å². The third-order valence-corrected chi connectivity index (χ3v) is 4.35. The van der Waals surface area contributed by atoms with Gasteiger partial charge in [-0.1, -0.05) is 17.3 Å². The second-order valence-electron chi connectivity index (χ2n) is 6.43. The number of carbonyl (C=O) groups is 1. The van der Waals surface area contributed by atoms with Crippen molar-refractivity contribution in [1.82, 2.24) is 15.0 Å². The Morgan fingerprint density at radius 3 is 2.67 bits per heavy atom. The van der Waals surface area contributed by atoms with Crippen molar-refractivity contribution in [2.75, 3.05) is 18.5 Å². The molecule has 8 heteroatoms. The summed E-state index contributed by atoms with van der Waals surface area (Å²) < 4.78 is 12.0. The number of ether oxygens (including phenoxy) is 2. The summed E-state index contributed by atoms with van der Waals surface area (Å²) in [6, 6.07) is 8.99. The number of amides is 1. The molecule has 2 aromatic carbocycles. The summed E-state index contributed by atoms with van der Waals surface area (Å²) in [6.45, 7) is 4.48. The minimum Gasteiger partial charge on any atom is -0.486 e. The highest BCUT2D eigenvalue weighted by atomic mass is 16.6. The Hall–Kier alpha value is -3.42. The number of aryl methyl sites for hydroxylation is 2. The summed E-state index contributed by atoms with van der Waals surface area (Å²) in [6.07, 6.45) is 0. The molecule has 0 spiro atoms. The number of nitrogens with one attached hydrogen (secondary N) is 1. The van der Waals surface area contributed by atoms with E-state index in [1.54, 1.807) is 12.1 Å². The zero-order valence-corrected chi connectivity index (χ0v) is 15.0. The molecule has 2 heterocycles. The topological polar surface area (TPSA) is 95.3 Å². The SMILES string of the molecule is Cc1ccc(C)c(NC(=O)Cn2nnc3cc4c(cc3c2=O)OCCO4)c1. The molecule has 0 saturated carbocycles. The Morgan fingerprint density at radius 2 is 1.89 bits per heavy atom. The quantitative estimate of drug-likeness (QED) is 0.760. The van der Waals surface area contributed by atoms with Gasteiger partial charge >= 0.3 is 0 Å². The molecule has 0 fully saturated rings. The lowest BCUT2D eigenvalue weighted by Crippen LogP contribution is -2.30. The highest BCUT2D eigenvalue weighted by Gasteiger charge is 2.17.